The van der Waals surface area contributed by atoms with Crippen molar-refractivity contribution in [2.45, 2.75) is 13.1 Å². The van der Waals surface area contributed by atoms with E-state index in [9.17, 15) is 14.9 Å². The summed E-state index contributed by atoms with van der Waals surface area (Å²) in [6, 6.07) is 12.3. The lowest BCUT2D eigenvalue weighted by Crippen LogP contribution is -2.26. The van der Waals surface area contributed by atoms with Crippen LogP contribution in [0.25, 0.3) is 11.0 Å². The Morgan fingerprint density at radius 3 is 2.71 bits per heavy atom. The maximum atomic E-state index is 12.1. The van der Waals surface area contributed by atoms with Crippen LogP contribution in [0.5, 0.6) is 0 Å². The number of rotatable bonds is 5. The molecule has 0 atom stereocenters. The summed E-state index contributed by atoms with van der Waals surface area (Å²) in [4.78, 5) is 26.9. The van der Waals surface area contributed by atoms with Gasteiger partial charge in [0.2, 0.25) is 5.91 Å². The predicted octanol–water partition coefficient (Wildman–Crippen LogP) is 3.02. The number of fused-ring (bicyclic) bond motifs is 1. The van der Waals surface area contributed by atoms with Gasteiger partial charge in [-0.25, -0.2) is 4.98 Å². The van der Waals surface area contributed by atoms with Gasteiger partial charge in [0.1, 0.15) is 12.1 Å². The minimum atomic E-state index is -0.472. The molecule has 0 unspecified atom stereocenters. The quantitative estimate of drug-likeness (QED) is 0.537. The van der Waals surface area contributed by atoms with Gasteiger partial charge in [0, 0.05) is 17.1 Å². The lowest BCUT2D eigenvalue weighted by Gasteiger charge is -2.07. The van der Waals surface area contributed by atoms with Crippen LogP contribution in [0.2, 0.25) is 0 Å². The minimum Gasteiger partial charge on any atom is -0.350 e. The van der Waals surface area contributed by atoms with Gasteiger partial charge in [-0.05, 0) is 23.8 Å². The van der Waals surface area contributed by atoms with Crippen molar-refractivity contribution in [1.29, 1.82) is 0 Å². The van der Waals surface area contributed by atoms with E-state index in [0.717, 1.165) is 10.0 Å². The molecule has 0 radical (unpaired) electrons. The summed E-state index contributed by atoms with van der Waals surface area (Å²) in [5, 5.41) is 13.9. The number of nitro benzene ring substituents is 1. The Labute approximate surface area is 145 Å². The molecule has 122 valence electrons. The van der Waals surface area contributed by atoms with Gasteiger partial charge in [0.05, 0.1) is 16.8 Å². The maximum absolute atomic E-state index is 12.1. The molecule has 1 N–H and O–H groups in total. The average Bonchev–Trinajstić information content (AvgIpc) is 2.97. The molecule has 1 aromatic heterocycles. The number of hydrogen-bond acceptors (Lipinski definition) is 4. The van der Waals surface area contributed by atoms with Crippen LogP contribution in [0, 0.1) is 10.1 Å². The number of non-ortho nitro benzene ring substituents is 1. The van der Waals surface area contributed by atoms with Crippen LogP contribution >= 0.6 is 15.9 Å². The third-order valence-electron chi connectivity index (χ3n) is 3.53. The van der Waals surface area contributed by atoms with Crippen LogP contribution in [0.15, 0.2) is 53.3 Å². The molecular weight excluding hydrogens is 376 g/mol. The SMILES string of the molecule is O=C(Cn1cnc2cccc([N+](=O)[O-])c21)NCc1ccc(Br)cc1. The van der Waals surface area contributed by atoms with Gasteiger partial charge in [0.15, 0.2) is 0 Å². The number of aromatic nitrogens is 2. The fraction of sp³-hybridized carbons (Fsp3) is 0.125. The lowest BCUT2D eigenvalue weighted by atomic mass is 10.2. The molecule has 1 heterocycles. The number of para-hydroxylation sites is 1. The van der Waals surface area contributed by atoms with Gasteiger partial charge >= 0.3 is 0 Å². The smallest absolute Gasteiger partial charge is 0.295 e. The zero-order valence-corrected chi connectivity index (χ0v) is 14.1. The topological polar surface area (TPSA) is 90.1 Å². The molecule has 3 aromatic rings. The van der Waals surface area contributed by atoms with Gasteiger partial charge in [-0.2, -0.15) is 0 Å². The van der Waals surface area contributed by atoms with Crippen LogP contribution in [-0.4, -0.2) is 20.4 Å². The van der Waals surface area contributed by atoms with Gasteiger partial charge in [-0.15, -0.1) is 0 Å². The summed E-state index contributed by atoms with van der Waals surface area (Å²) in [6.07, 6.45) is 1.44. The van der Waals surface area contributed by atoms with Crippen LogP contribution < -0.4 is 5.32 Å². The molecule has 24 heavy (non-hydrogen) atoms. The molecule has 0 fully saturated rings. The van der Waals surface area contributed by atoms with Crippen LogP contribution in [0.4, 0.5) is 5.69 Å². The van der Waals surface area contributed by atoms with E-state index in [0.29, 0.717) is 17.6 Å². The Morgan fingerprint density at radius 2 is 2.00 bits per heavy atom. The van der Waals surface area contributed by atoms with Crippen molar-refractivity contribution in [3.05, 3.63) is 68.9 Å². The van der Waals surface area contributed by atoms with E-state index in [1.165, 1.54) is 17.0 Å². The third kappa shape index (κ3) is 3.43. The van der Waals surface area contributed by atoms with Crippen LogP contribution in [-0.2, 0) is 17.9 Å². The number of benzene rings is 2. The lowest BCUT2D eigenvalue weighted by molar-refractivity contribution is -0.383. The first-order valence-electron chi connectivity index (χ1n) is 7.14. The van der Waals surface area contributed by atoms with Crippen molar-refractivity contribution in [1.82, 2.24) is 14.9 Å². The number of amides is 1. The molecule has 0 aliphatic heterocycles. The second-order valence-electron chi connectivity index (χ2n) is 5.18. The Hall–Kier alpha value is -2.74. The van der Waals surface area contributed by atoms with Gasteiger partial charge in [-0.3, -0.25) is 14.9 Å². The summed E-state index contributed by atoms with van der Waals surface area (Å²) in [7, 11) is 0. The molecule has 0 aliphatic rings. The Kier molecular flexibility index (Phi) is 4.57. The zero-order chi connectivity index (χ0) is 17.1. The van der Waals surface area contributed by atoms with Crippen molar-refractivity contribution in [2.24, 2.45) is 0 Å². The molecule has 2 aromatic carbocycles. The second kappa shape index (κ2) is 6.79. The molecule has 7 nitrogen and oxygen atoms in total. The van der Waals surface area contributed by atoms with Crippen LogP contribution in [0.3, 0.4) is 0 Å². The van der Waals surface area contributed by atoms with Gasteiger partial charge < -0.3 is 9.88 Å². The van der Waals surface area contributed by atoms with Crippen molar-refractivity contribution < 1.29 is 9.72 Å². The van der Waals surface area contributed by atoms with E-state index < -0.39 is 4.92 Å². The van der Waals surface area contributed by atoms with E-state index in [4.69, 9.17) is 0 Å². The molecule has 0 spiro atoms. The van der Waals surface area contributed by atoms with E-state index >= 15 is 0 Å². The van der Waals surface area contributed by atoms with Gasteiger partial charge in [-0.1, -0.05) is 34.1 Å². The maximum Gasteiger partial charge on any atom is 0.295 e. The second-order valence-corrected chi connectivity index (χ2v) is 6.09. The molecule has 0 aliphatic carbocycles. The van der Waals surface area contributed by atoms with E-state index in [1.807, 2.05) is 24.3 Å². The third-order valence-corrected chi connectivity index (χ3v) is 4.06. The first kappa shape index (κ1) is 16.1. The monoisotopic (exact) mass is 388 g/mol. The first-order valence-corrected chi connectivity index (χ1v) is 7.93. The van der Waals surface area contributed by atoms with Gasteiger partial charge in [0.25, 0.3) is 5.69 Å². The summed E-state index contributed by atoms with van der Waals surface area (Å²) in [5.74, 6) is -0.240. The van der Waals surface area contributed by atoms with Crippen molar-refractivity contribution in [3.8, 4) is 0 Å². The molecule has 3 rings (SSSR count). The minimum absolute atomic E-state index is 0.0299. The number of carbonyl (C=O) groups excluding carboxylic acids is 1. The number of carbonyl (C=O) groups is 1. The molecular formula is C16H13BrN4O3. The van der Waals surface area contributed by atoms with E-state index in [-0.39, 0.29) is 18.1 Å². The molecule has 0 bridgehead atoms. The normalized spacial score (nSPS) is 10.7. The summed E-state index contributed by atoms with van der Waals surface area (Å²) in [5.41, 5.74) is 1.74. The van der Waals surface area contributed by atoms with Crippen molar-refractivity contribution in [3.63, 3.8) is 0 Å². The highest BCUT2D eigenvalue weighted by atomic mass is 79.9. The highest BCUT2D eigenvalue weighted by Crippen LogP contribution is 2.24. The highest BCUT2D eigenvalue weighted by molar-refractivity contribution is 9.10. The molecule has 1 amide bonds. The number of hydrogen-bond donors (Lipinski definition) is 1. The van der Waals surface area contributed by atoms with Crippen molar-refractivity contribution in [2.75, 3.05) is 0 Å². The number of nitrogens with one attached hydrogen (secondary N) is 1. The van der Waals surface area contributed by atoms with Crippen LogP contribution in [0.1, 0.15) is 5.56 Å². The highest BCUT2D eigenvalue weighted by Gasteiger charge is 2.17. The van der Waals surface area contributed by atoms with E-state index in [1.54, 1.807) is 12.1 Å². The van der Waals surface area contributed by atoms with Crippen molar-refractivity contribution >= 4 is 38.6 Å². The predicted molar refractivity (Wildman–Crippen MR) is 92.4 cm³/mol. The zero-order valence-electron chi connectivity index (χ0n) is 12.5. The average molecular weight is 389 g/mol. The largest absolute Gasteiger partial charge is 0.350 e. The summed E-state index contributed by atoms with van der Waals surface area (Å²) < 4.78 is 2.46. The fourth-order valence-corrected chi connectivity index (χ4v) is 2.65. The number of nitro groups is 1. The number of imidazole rings is 1. The Bertz CT molecular complexity index is 905. The standard InChI is InChI=1S/C16H13BrN4O3/c17-12-6-4-11(5-7-12)8-18-15(22)9-20-10-19-13-2-1-3-14(16(13)20)21(23)24/h1-7,10H,8-9H2,(H,18,22). The van der Waals surface area contributed by atoms with E-state index in [2.05, 4.69) is 26.2 Å². The summed E-state index contributed by atoms with van der Waals surface area (Å²) >= 11 is 3.35. The number of halogens is 1. The molecule has 0 saturated carbocycles. The number of nitrogens with zero attached hydrogens (tertiary/aromatic N) is 3. The summed E-state index contributed by atoms with van der Waals surface area (Å²) in [6.45, 7) is 0.360. The Balaban J connectivity index is 1.73. The fourth-order valence-electron chi connectivity index (χ4n) is 2.39. The molecule has 8 heteroatoms. The Morgan fingerprint density at radius 1 is 1.25 bits per heavy atom. The molecule has 0 saturated heterocycles. The first-order chi connectivity index (χ1) is 11.5.